The lowest BCUT2D eigenvalue weighted by atomic mass is 9.91. The van der Waals surface area contributed by atoms with E-state index in [0.29, 0.717) is 23.2 Å². The average molecular weight is 419 g/mol. The molecular formula is C25H30N4O2. The summed E-state index contributed by atoms with van der Waals surface area (Å²) in [6.45, 7) is 8.83. The molecule has 6 nitrogen and oxygen atoms in total. The van der Waals surface area contributed by atoms with Crippen LogP contribution in [0, 0.1) is 19.8 Å². The van der Waals surface area contributed by atoms with Crippen LogP contribution in [-0.4, -0.2) is 46.5 Å². The van der Waals surface area contributed by atoms with Crippen LogP contribution in [0.2, 0.25) is 0 Å². The second kappa shape index (κ2) is 9.43. The third-order valence-corrected chi connectivity index (χ3v) is 6.09. The zero-order chi connectivity index (χ0) is 21.8. The van der Waals surface area contributed by atoms with E-state index in [0.717, 1.165) is 38.2 Å². The molecule has 1 aromatic carbocycles. The highest BCUT2D eigenvalue weighted by molar-refractivity contribution is 6.06. The van der Waals surface area contributed by atoms with Crippen molar-refractivity contribution in [2.24, 2.45) is 5.92 Å². The molecule has 2 atom stereocenters. The molecule has 0 radical (unpaired) electrons. The number of furan rings is 1. The Kier molecular flexibility index (Phi) is 6.47. The van der Waals surface area contributed by atoms with Gasteiger partial charge in [-0.2, -0.15) is 0 Å². The van der Waals surface area contributed by atoms with E-state index in [9.17, 15) is 4.79 Å². The number of hydrogen-bond donors (Lipinski definition) is 0. The van der Waals surface area contributed by atoms with Gasteiger partial charge in [0, 0.05) is 38.1 Å². The van der Waals surface area contributed by atoms with Crippen LogP contribution in [0.3, 0.4) is 0 Å². The van der Waals surface area contributed by atoms with Crippen molar-refractivity contribution < 1.29 is 9.21 Å². The number of amides is 1. The summed E-state index contributed by atoms with van der Waals surface area (Å²) in [5.41, 5.74) is 1.95. The van der Waals surface area contributed by atoms with Gasteiger partial charge in [-0.3, -0.25) is 9.69 Å². The third-order valence-electron chi connectivity index (χ3n) is 6.09. The number of carbonyl (C=O) groups is 1. The summed E-state index contributed by atoms with van der Waals surface area (Å²) in [4.78, 5) is 26.7. The Morgan fingerprint density at radius 2 is 1.90 bits per heavy atom. The van der Waals surface area contributed by atoms with Crippen molar-refractivity contribution in [2.75, 3.05) is 24.5 Å². The van der Waals surface area contributed by atoms with Crippen molar-refractivity contribution in [1.82, 2.24) is 14.9 Å². The smallest absolute Gasteiger partial charge is 0.264 e. The summed E-state index contributed by atoms with van der Waals surface area (Å²) in [5.74, 6) is 2.04. The number of benzene rings is 1. The molecule has 0 N–H and O–H groups in total. The second-order valence-electron chi connectivity index (χ2n) is 8.42. The minimum absolute atomic E-state index is 0.0393. The highest BCUT2D eigenvalue weighted by Crippen LogP contribution is 2.28. The van der Waals surface area contributed by atoms with Crippen LogP contribution < -0.4 is 4.90 Å². The number of nitrogens with zero attached hydrogens (tertiary/aromatic N) is 4. The Hall–Kier alpha value is -2.99. The van der Waals surface area contributed by atoms with E-state index in [1.807, 2.05) is 19.9 Å². The molecule has 1 aliphatic heterocycles. The van der Waals surface area contributed by atoms with Gasteiger partial charge in [0.2, 0.25) is 5.95 Å². The highest BCUT2D eigenvalue weighted by Gasteiger charge is 2.36. The molecule has 1 fully saturated rings. The van der Waals surface area contributed by atoms with Crippen LogP contribution in [0.1, 0.15) is 40.8 Å². The molecule has 0 bridgehead atoms. The molecule has 3 heterocycles. The number of rotatable bonds is 6. The summed E-state index contributed by atoms with van der Waals surface area (Å²) in [5, 5.41) is 0. The normalized spacial score (nSPS) is 19.3. The maximum atomic E-state index is 13.6. The standard InChI is InChI=1S/C25H30N4O2/c1-18-17-28(14-10-21-8-5-4-6-9-21)15-11-23(18)29(25-26-12-7-13-27-25)24(30)22-16-19(2)31-20(22)3/h4-9,12-13,16,18,23H,10-11,14-15,17H2,1-3H3/t18-,23-/m1/s1. The fraction of sp³-hybridized carbons (Fsp3) is 0.400. The largest absolute Gasteiger partial charge is 0.466 e. The first-order chi connectivity index (χ1) is 15.0. The number of carbonyl (C=O) groups excluding carboxylic acids is 1. The third kappa shape index (κ3) is 4.85. The summed E-state index contributed by atoms with van der Waals surface area (Å²) in [7, 11) is 0. The monoisotopic (exact) mass is 418 g/mol. The van der Waals surface area contributed by atoms with Gasteiger partial charge in [0.15, 0.2) is 0 Å². The number of anilines is 1. The maximum Gasteiger partial charge on any atom is 0.264 e. The Bertz CT molecular complexity index is 1000. The maximum absolute atomic E-state index is 13.6. The van der Waals surface area contributed by atoms with Crippen molar-refractivity contribution in [1.29, 1.82) is 0 Å². The van der Waals surface area contributed by atoms with E-state index in [1.165, 1.54) is 5.56 Å². The Balaban J connectivity index is 1.51. The number of piperidine rings is 1. The average Bonchev–Trinajstić information content (AvgIpc) is 3.13. The number of aromatic nitrogens is 2. The van der Waals surface area contributed by atoms with Gasteiger partial charge >= 0.3 is 0 Å². The molecule has 0 aliphatic carbocycles. The molecule has 162 valence electrons. The molecule has 2 aromatic heterocycles. The van der Waals surface area contributed by atoms with Gasteiger partial charge in [0.25, 0.3) is 5.91 Å². The van der Waals surface area contributed by atoms with Crippen molar-refractivity contribution >= 4 is 11.9 Å². The summed E-state index contributed by atoms with van der Waals surface area (Å²) < 4.78 is 5.63. The molecule has 1 aliphatic rings. The van der Waals surface area contributed by atoms with E-state index in [2.05, 4.69) is 52.1 Å². The molecule has 1 saturated heterocycles. The first kappa shape index (κ1) is 21.2. The van der Waals surface area contributed by atoms with Crippen LogP contribution in [-0.2, 0) is 6.42 Å². The van der Waals surface area contributed by atoms with Gasteiger partial charge < -0.3 is 9.32 Å². The predicted molar refractivity (Wildman–Crippen MR) is 121 cm³/mol. The molecule has 0 saturated carbocycles. The second-order valence-corrected chi connectivity index (χ2v) is 8.42. The predicted octanol–water partition coefficient (Wildman–Crippen LogP) is 4.29. The van der Waals surface area contributed by atoms with Gasteiger partial charge in [-0.1, -0.05) is 37.3 Å². The molecule has 3 aromatic rings. The van der Waals surface area contributed by atoms with Crippen LogP contribution in [0.15, 0.2) is 59.3 Å². The van der Waals surface area contributed by atoms with Gasteiger partial charge in [-0.15, -0.1) is 0 Å². The van der Waals surface area contributed by atoms with Gasteiger partial charge in [0.1, 0.15) is 11.5 Å². The van der Waals surface area contributed by atoms with Crippen molar-refractivity contribution in [2.45, 2.75) is 39.7 Å². The molecular weight excluding hydrogens is 388 g/mol. The lowest BCUT2D eigenvalue weighted by Gasteiger charge is -2.41. The lowest BCUT2D eigenvalue weighted by Crippen LogP contribution is -2.53. The highest BCUT2D eigenvalue weighted by atomic mass is 16.3. The lowest BCUT2D eigenvalue weighted by molar-refractivity contribution is 0.0928. The minimum Gasteiger partial charge on any atom is -0.466 e. The zero-order valence-corrected chi connectivity index (χ0v) is 18.5. The molecule has 4 rings (SSSR count). The molecule has 31 heavy (non-hydrogen) atoms. The fourth-order valence-electron chi connectivity index (χ4n) is 4.52. The number of hydrogen-bond acceptors (Lipinski definition) is 5. The summed E-state index contributed by atoms with van der Waals surface area (Å²) in [6.07, 6.45) is 5.30. The minimum atomic E-state index is -0.0878. The van der Waals surface area contributed by atoms with Crippen LogP contribution >= 0.6 is 0 Å². The van der Waals surface area contributed by atoms with Gasteiger partial charge in [0.05, 0.1) is 5.56 Å². The summed E-state index contributed by atoms with van der Waals surface area (Å²) >= 11 is 0. The van der Waals surface area contributed by atoms with Gasteiger partial charge in [-0.05, 0) is 50.3 Å². The van der Waals surface area contributed by atoms with Crippen LogP contribution in [0.5, 0.6) is 0 Å². The Labute approximate surface area is 183 Å². The topological polar surface area (TPSA) is 62.5 Å². The summed E-state index contributed by atoms with van der Waals surface area (Å²) in [6, 6.07) is 14.2. The van der Waals surface area contributed by atoms with E-state index in [1.54, 1.807) is 23.4 Å². The van der Waals surface area contributed by atoms with E-state index in [4.69, 9.17) is 4.42 Å². The van der Waals surface area contributed by atoms with Crippen molar-refractivity contribution in [3.8, 4) is 0 Å². The Morgan fingerprint density at radius 1 is 1.16 bits per heavy atom. The van der Waals surface area contributed by atoms with Crippen molar-refractivity contribution in [3.05, 3.63) is 77.5 Å². The number of aryl methyl sites for hydroxylation is 2. The van der Waals surface area contributed by atoms with Crippen LogP contribution in [0.4, 0.5) is 5.95 Å². The Morgan fingerprint density at radius 3 is 2.55 bits per heavy atom. The van der Waals surface area contributed by atoms with Crippen LogP contribution in [0.25, 0.3) is 0 Å². The first-order valence-corrected chi connectivity index (χ1v) is 11.0. The SMILES string of the molecule is Cc1cc(C(=O)N(c2ncccn2)[C@@H]2CCN(CCc3ccccc3)C[C@H]2C)c(C)o1. The first-order valence-electron chi connectivity index (χ1n) is 11.0. The van der Waals surface area contributed by atoms with E-state index >= 15 is 0 Å². The number of likely N-dealkylation sites (tertiary alicyclic amines) is 1. The molecule has 0 unspecified atom stereocenters. The van der Waals surface area contributed by atoms with Gasteiger partial charge in [-0.25, -0.2) is 9.97 Å². The van der Waals surface area contributed by atoms with Crippen molar-refractivity contribution in [3.63, 3.8) is 0 Å². The molecule has 6 heteroatoms. The fourth-order valence-corrected chi connectivity index (χ4v) is 4.52. The molecule has 1 amide bonds. The van der Waals surface area contributed by atoms with E-state index < -0.39 is 0 Å². The zero-order valence-electron chi connectivity index (χ0n) is 18.5. The quantitative estimate of drug-likeness (QED) is 0.598. The van der Waals surface area contributed by atoms with E-state index in [-0.39, 0.29) is 11.9 Å². The molecule has 0 spiro atoms.